The Morgan fingerprint density at radius 3 is 2.33 bits per heavy atom. The minimum atomic E-state index is -0.465. The average molecular weight is 619 g/mol. The summed E-state index contributed by atoms with van der Waals surface area (Å²) in [6, 6.07) is 7.86. The fourth-order valence-corrected chi connectivity index (χ4v) is 12.3. The van der Waals surface area contributed by atoms with Crippen LogP contribution in [0, 0.1) is 56.7 Å². The van der Waals surface area contributed by atoms with Gasteiger partial charge in [0.1, 0.15) is 18.5 Å². The second-order valence-corrected chi connectivity index (χ2v) is 17.1. The molecule has 0 N–H and O–H groups in total. The Balaban J connectivity index is 1.34. The number of benzene rings is 1. The lowest BCUT2D eigenvalue weighted by Gasteiger charge is -2.71. The zero-order valence-electron chi connectivity index (χ0n) is 29.5. The van der Waals surface area contributed by atoms with Crippen molar-refractivity contribution >= 4 is 11.9 Å². The fourth-order valence-electron chi connectivity index (χ4n) is 12.3. The van der Waals surface area contributed by atoms with Gasteiger partial charge in [-0.05, 0) is 110 Å². The summed E-state index contributed by atoms with van der Waals surface area (Å²) in [7, 11) is 1.67. The van der Waals surface area contributed by atoms with E-state index in [1.54, 1.807) is 19.6 Å². The van der Waals surface area contributed by atoms with Gasteiger partial charge in [0.25, 0.3) is 0 Å². The Labute approximate surface area is 272 Å². The molecule has 5 aliphatic rings. The number of methoxy groups -OCH3 is 1. The molecule has 4 fully saturated rings. The minimum Gasteiger partial charge on any atom is -0.496 e. The van der Waals surface area contributed by atoms with Crippen molar-refractivity contribution in [2.45, 2.75) is 126 Å². The van der Waals surface area contributed by atoms with E-state index in [1.807, 2.05) is 24.3 Å². The standard InChI is InChI=1S/C40H58O5/c1-25-16-21-40(35(42)44-24-28-12-10-11-13-30(28)43-9)23-22-38(7)29(34(40)26(25)2)14-15-32-37(6)19-18-33(45-27(3)41)36(4,5)31(37)17-20-39(32,38)8/h10-14,25-26,31-34H,15-24H2,1-9H3/t25-,26+,31+,32-,33+,34+,37+,38-,39-,40+/m1/s1. The van der Waals surface area contributed by atoms with Crippen LogP contribution in [0.15, 0.2) is 35.9 Å². The van der Waals surface area contributed by atoms with Crippen LogP contribution < -0.4 is 4.74 Å². The van der Waals surface area contributed by atoms with Gasteiger partial charge in [0, 0.05) is 17.9 Å². The molecular weight excluding hydrogens is 560 g/mol. The summed E-state index contributed by atoms with van der Waals surface area (Å²) >= 11 is 0. The Bertz CT molecular complexity index is 1360. The summed E-state index contributed by atoms with van der Waals surface area (Å²) in [5.41, 5.74) is 2.35. The third kappa shape index (κ3) is 4.66. The van der Waals surface area contributed by atoms with Crippen molar-refractivity contribution in [3.8, 4) is 5.75 Å². The number of esters is 2. The third-order valence-corrected chi connectivity index (χ3v) is 15.2. The van der Waals surface area contributed by atoms with Crippen LogP contribution in [0.2, 0.25) is 0 Å². The number of carbonyl (C=O) groups is 2. The SMILES string of the molecule is COc1ccccc1COC(=O)[C@]12CC[C@@H](C)[C@H](C)[C@H]1C1=CC[C@@H]3[C@@]4(C)CC[C@H](OC(C)=O)C(C)(C)[C@@H]4CC[C@@]3(C)[C@]1(C)CC2. The van der Waals surface area contributed by atoms with Crippen LogP contribution in [0.1, 0.15) is 119 Å². The van der Waals surface area contributed by atoms with Gasteiger partial charge in [-0.3, -0.25) is 9.59 Å². The van der Waals surface area contributed by atoms with Crippen molar-refractivity contribution in [2.24, 2.45) is 56.7 Å². The highest BCUT2D eigenvalue weighted by Gasteiger charge is 2.70. The Hall–Kier alpha value is -2.30. The first kappa shape index (κ1) is 32.6. The van der Waals surface area contributed by atoms with Crippen LogP contribution in [-0.4, -0.2) is 25.2 Å². The second kappa shape index (κ2) is 11.2. The molecule has 248 valence electrons. The predicted octanol–water partition coefficient (Wildman–Crippen LogP) is 9.33. The van der Waals surface area contributed by atoms with Gasteiger partial charge in [-0.2, -0.15) is 0 Å². The molecule has 4 saturated carbocycles. The van der Waals surface area contributed by atoms with E-state index in [9.17, 15) is 9.59 Å². The van der Waals surface area contributed by atoms with Gasteiger partial charge >= 0.3 is 11.9 Å². The molecule has 5 aliphatic carbocycles. The van der Waals surface area contributed by atoms with Gasteiger partial charge in [0.05, 0.1) is 12.5 Å². The maximum absolute atomic E-state index is 14.4. The summed E-state index contributed by atoms with van der Waals surface area (Å²) in [5.74, 6) is 2.90. The van der Waals surface area contributed by atoms with Gasteiger partial charge in [0.15, 0.2) is 0 Å². The molecule has 5 heteroatoms. The van der Waals surface area contributed by atoms with E-state index in [1.165, 1.54) is 12.8 Å². The monoisotopic (exact) mass is 618 g/mol. The van der Waals surface area contributed by atoms with Gasteiger partial charge in [-0.15, -0.1) is 0 Å². The highest BCUT2D eigenvalue weighted by atomic mass is 16.5. The first-order chi connectivity index (χ1) is 21.2. The van der Waals surface area contributed by atoms with Crippen molar-refractivity contribution < 1.29 is 23.8 Å². The molecular formula is C40H58O5. The van der Waals surface area contributed by atoms with Gasteiger partial charge in [-0.25, -0.2) is 0 Å². The molecule has 0 unspecified atom stereocenters. The van der Waals surface area contributed by atoms with Crippen LogP contribution in [-0.2, 0) is 25.7 Å². The van der Waals surface area contributed by atoms with E-state index < -0.39 is 5.41 Å². The summed E-state index contributed by atoms with van der Waals surface area (Å²) in [4.78, 5) is 26.4. The number of carbonyl (C=O) groups excluding carboxylic acids is 2. The number of ether oxygens (including phenoxy) is 3. The quantitative estimate of drug-likeness (QED) is 0.243. The van der Waals surface area contributed by atoms with Crippen molar-refractivity contribution in [1.29, 1.82) is 0 Å². The summed E-state index contributed by atoms with van der Waals surface area (Å²) in [5, 5.41) is 0. The van der Waals surface area contributed by atoms with E-state index in [0.717, 1.165) is 56.3 Å². The van der Waals surface area contributed by atoms with Gasteiger partial charge < -0.3 is 14.2 Å². The molecule has 0 heterocycles. The topological polar surface area (TPSA) is 61.8 Å². The molecule has 0 bridgehead atoms. The highest BCUT2D eigenvalue weighted by molar-refractivity contribution is 5.79. The lowest BCUT2D eigenvalue weighted by atomic mass is 9.33. The Kier molecular flexibility index (Phi) is 8.09. The lowest BCUT2D eigenvalue weighted by Crippen LogP contribution is -2.65. The van der Waals surface area contributed by atoms with Crippen LogP contribution in [0.4, 0.5) is 0 Å². The summed E-state index contributed by atoms with van der Waals surface area (Å²) < 4.78 is 17.8. The van der Waals surface area contributed by atoms with Crippen LogP contribution in [0.25, 0.3) is 0 Å². The number of allylic oxidation sites excluding steroid dienone is 2. The molecule has 0 radical (unpaired) electrons. The predicted molar refractivity (Wildman–Crippen MR) is 177 cm³/mol. The van der Waals surface area contributed by atoms with Gasteiger partial charge in [-0.1, -0.05) is 78.3 Å². The van der Waals surface area contributed by atoms with Crippen molar-refractivity contribution in [3.63, 3.8) is 0 Å². The first-order valence-electron chi connectivity index (χ1n) is 17.8. The van der Waals surface area contributed by atoms with Gasteiger partial charge in [0.2, 0.25) is 0 Å². The molecule has 6 rings (SSSR count). The number of rotatable bonds is 5. The zero-order valence-corrected chi connectivity index (χ0v) is 29.5. The molecule has 0 aromatic heterocycles. The summed E-state index contributed by atoms with van der Waals surface area (Å²) in [6.45, 7) is 19.1. The van der Waals surface area contributed by atoms with E-state index in [2.05, 4.69) is 54.5 Å². The molecule has 0 aliphatic heterocycles. The van der Waals surface area contributed by atoms with Crippen LogP contribution in [0.5, 0.6) is 5.75 Å². The number of para-hydroxylation sites is 1. The number of hydrogen-bond acceptors (Lipinski definition) is 5. The van der Waals surface area contributed by atoms with E-state index in [0.29, 0.717) is 23.7 Å². The zero-order chi connectivity index (χ0) is 32.6. The summed E-state index contributed by atoms with van der Waals surface area (Å²) in [6.07, 6.45) is 12.0. The van der Waals surface area contributed by atoms with Crippen LogP contribution >= 0.6 is 0 Å². The van der Waals surface area contributed by atoms with E-state index in [-0.39, 0.29) is 52.2 Å². The molecule has 10 atom stereocenters. The highest BCUT2D eigenvalue weighted by Crippen LogP contribution is 2.76. The fraction of sp³-hybridized carbons (Fsp3) is 0.750. The first-order valence-corrected chi connectivity index (χ1v) is 17.8. The minimum absolute atomic E-state index is 0.00593. The largest absolute Gasteiger partial charge is 0.496 e. The average Bonchev–Trinajstić information content (AvgIpc) is 2.99. The Morgan fingerprint density at radius 1 is 0.889 bits per heavy atom. The normalized spacial score (nSPS) is 43.4. The molecule has 5 nitrogen and oxygen atoms in total. The molecule has 45 heavy (non-hydrogen) atoms. The lowest BCUT2D eigenvalue weighted by molar-refractivity contribution is -0.214. The van der Waals surface area contributed by atoms with Crippen molar-refractivity contribution in [1.82, 2.24) is 0 Å². The maximum Gasteiger partial charge on any atom is 0.313 e. The molecule has 1 aromatic rings. The van der Waals surface area contributed by atoms with Crippen molar-refractivity contribution in [2.75, 3.05) is 7.11 Å². The van der Waals surface area contributed by atoms with E-state index in [4.69, 9.17) is 14.2 Å². The number of fused-ring (bicyclic) bond motifs is 7. The Morgan fingerprint density at radius 2 is 1.62 bits per heavy atom. The van der Waals surface area contributed by atoms with E-state index >= 15 is 0 Å². The van der Waals surface area contributed by atoms with Crippen LogP contribution in [0.3, 0.4) is 0 Å². The molecule has 0 amide bonds. The molecule has 1 aromatic carbocycles. The molecule has 0 saturated heterocycles. The maximum atomic E-state index is 14.4. The smallest absolute Gasteiger partial charge is 0.313 e. The van der Waals surface area contributed by atoms with Crippen molar-refractivity contribution in [3.05, 3.63) is 41.5 Å². The molecule has 0 spiro atoms. The second-order valence-electron chi connectivity index (χ2n) is 17.1. The number of hydrogen-bond donors (Lipinski definition) is 0. The third-order valence-electron chi connectivity index (χ3n) is 15.2.